The first-order valence-electron chi connectivity index (χ1n) is 4.94. The SMILES string of the molecule is O=S(=O)(/C=C/c1ccccc1)Nc1ccsc1. The first-order valence-corrected chi connectivity index (χ1v) is 7.43. The molecule has 0 saturated carbocycles. The van der Waals surface area contributed by atoms with Gasteiger partial charge in [-0.2, -0.15) is 11.3 Å². The standard InChI is InChI=1S/C12H11NO2S2/c14-17(15,13-12-6-8-16-10-12)9-7-11-4-2-1-3-5-11/h1-10,13H/b9-7+. The van der Waals surface area contributed by atoms with Gasteiger partial charge in [0, 0.05) is 5.38 Å². The van der Waals surface area contributed by atoms with Gasteiger partial charge in [-0.05, 0) is 23.1 Å². The summed E-state index contributed by atoms with van der Waals surface area (Å²) in [6.07, 6.45) is 1.56. The molecule has 0 aliphatic heterocycles. The molecule has 0 radical (unpaired) electrons. The number of rotatable bonds is 4. The van der Waals surface area contributed by atoms with Gasteiger partial charge in [0.15, 0.2) is 0 Å². The Hall–Kier alpha value is -1.59. The van der Waals surface area contributed by atoms with Crippen LogP contribution in [0.25, 0.3) is 6.08 Å². The number of hydrogen-bond donors (Lipinski definition) is 1. The maximum absolute atomic E-state index is 11.7. The van der Waals surface area contributed by atoms with Crippen LogP contribution >= 0.6 is 11.3 Å². The lowest BCUT2D eigenvalue weighted by Gasteiger charge is -2.00. The van der Waals surface area contributed by atoms with Crippen LogP contribution in [0.3, 0.4) is 0 Å². The van der Waals surface area contributed by atoms with Crippen molar-refractivity contribution in [2.75, 3.05) is 4.72 Å². The van der Waals surface area contributed by atoms with Gasteiger partial charge in [0.05, 0.1) is 11.1 Å². The molecular formula is C12H11NO2S2. The molecule has 0 bridgehead atoms. The summed E-state index contributed by atoms with van der Waals surface area (Å²) in [7, 11) is -3.43. The van der Waals surface area contributed by atoms with Gasteiger partial charge in [-0.1, -0.05) is 30.3 Å². The van der Waals surface area contributed by atoms with Gasteiger partial charge >= 0.3 is 0 Å². The van der Waals surface area contributed by atoms with Crippen LogP contribution in [0.2, 0.25) is 0 Å². The maximum atomic E-state index is 11.7. The molecule has 1 aromatic carbocycles. The van der Waals surface area contributed by atoms with Crippen molar-refractivity contribution in [2.24, 2.45) is 0 Å². The number of sulfonamides is 1. The van der Waals surface area contributed by atoms with E-state index in [9.17, 15) is 8.42 Å². The molecule has 3 nitrogen and oxygen atoms in total. The lowest BCUT2D eigenvalue weighted by atomic mass is 10.2. The lowest BCUT2D eigenvalue weighted by Crippen LogP contribution is -2.07. The molecule has 1 N–H and O–H groups in total. The molecule has 0 aliphatic carbocycles. The number of thiophene rings is 1. The zero-order valence-corrected chi connectivity index (χ0v) is 10.5. The Morgan fingerprint density at radius 3 is 2.53 bits per heavy atom. The van der Waals surface area contributed by atoms with E-state index >= 15 is 0 Å². The van der Waals surface area contributed by atoms with Crippen LogP contribution in [0.1, 0.15) is 5.56 Å². The highest BCUT2D eigenvalue weighted by molar-refractivity contribution is 7.95. The van der Waals surface area contributed by atoms with Crippen molar-refractivity contribution in [1.29, 1.82) is 0 Å². The third-order valence-corrected chi connectivity index (χ3v) is 3.72. The van der Waals surface area contributed by atoms with Crippen LogP contribution in [0.15, 0.2) is 52.6 Å². The summed E-state index contributed by atoms with van der Waals surface area (Å²) in [6, 6.07) is 11.0. The Labute approximate surface area is 104 Å². The monoisotopic (exact) mass is 265 g/mol. The Balaban J connectivity index is 2.10. The van der Waals surface area contributed by atoms with Crippen LogP contribution in [-0.4, -0.2) is 8.42 Å². The fraction of sp³-hybridized carbons (Fsp3) is 0. The molecule has 1 heterocycles. The Bertz CT molecular complexity index is 587. The zero-order valence-electron chi connectivity index (χ0n) is 8.91. The average molecular weight is 265 g/mol. The molecular weight excluding hydrogens is 254 g/mol. The summed E-state index contributed by atoms with van der Waals surface area (Å²) < 4.78 is 25.8. The van der Waals surface area contributed by atoms with Gasteiger partial charge in [0.2, 0.25) is 0 Å². The lowest BCUT2D eigenvalue weighted by molar-refractivity contribution is 0.609. The fourth-order valence-corrected chi connectivity index (χ4v) is 2.78. The van der Waals surface area contributed by atoms with Crippen LogP contribution in [0.5, 0.6) is 0 Å². The number of benzene rings is 1. The number of anilines is 1. The molecule has 17 heavy (non-hydrogen) atoms. The first kappa shape index (κ1) is 11.9. The predicted molar refractivity (Wildman–Crippen MR) is 72.3 cm³/mol. The molecule has 2 rings (SSSR count). The van der Waals surface area contributed by atoms with E-state index in [2.05, 4.69) is 4.72 Å². The van der Waals surface area contributed by atoms with Crippen molar-refractivity contribution < 1.29 is 8.42 Å². The number of hydrogen-bond acceptors (Lipinski definition) is 3. The van der Waals surface area contributed by atoms with Crippen molar-refractivity contribution in [3.63, 3.8) is 0 Å². The van der Waals surface area contributed by atoms with Crippen molar-refractivity contribution in [2.45, 2.75) is 0 Å². The van der Waals surface area contributed by atoms with Crippen LogP contribution in [0.4, 0.5) is 5.69 Å². The minimum atomic E-state index is -3.43. The van der Waals surface area contributed by atoms with Crippen molar-refractivity contribution in [3.8, 4) is 0 Å². The second-order valence-electron chi connectivity index (χ2n) is 3.37. The van der Waals surface area contributed by atoms with Crippen LogP contribution in [-0.2, 0) is 10.0 Å². The molecule has 0 spiro atoms. The molecule has 0 aliphatic rings. The second kappa shape index (κ2) is 5.16. The summed E-state index contributed by atoms with van der Waals surface area (Å²) >= 11 is 1.44. The van der Waals surface area contributed by atoms with E-state index in [1.807, 2.05) is 35.7 Å². The van der Waals surface area contributed by atoms with Crippen LogP contribution in [0, 0.1) is 0 Å². The molecule has 1 aromatic heterocycles. The molecule has 0 unspecified atom stereocenters. The number of nitrogens with one attached hydrogen (secondary N) is 1. The Morgan fingerprint density at radius 1 is 1.12 bits per heavy atom. The van der Waals surface area contributed by atoms with E-state index in [4.69, 9.17) is 0 Å². The van der Waals surface area contributed by atoms with E-state index in [0.717, 1.165) is 5.56 Å². The van der Waals surface area contributed by atoms with Crippen molar-refractivity contribution in [1.82, 2.24) is 0 Å². The second-order valence-corrected chi connectivity index (χ2v) is 5.72. The smallest absolute Gasteiger partial charge is 0.255 e. The minimum Gasteiger partial charge on any atom is -0.279 e. The zero-order chi connectivity index (χ0) is 12.1. The highest BCUT2D eigenvalue weighted by Gasteiger charge is 2.04. The molecule has 2 aromatic rings. The molecule has 0 atom stereocenters. The van der Waals surface area contributed by atoms with Crippen molar-refractivity contribution in [3.05, 3.63) is 58.1 Å². The van der Waals surface area contributed by atoms with E-state index < -0.39 is 10.0 Å². The van der Waals surface area contributed by atoms with E-state index in [-0.39, 0.29) is 0 Å². The summed E-state index contributed by atoms with van der Waals surface area (Å²) in [5.74, 6) is 0. The van der Waals surface area contributed by atoms with Gasteiger partial charge in [0.1, 0.15) is 0 Å². The normalized spacial score (nSPS) is 11.8. The van der Waals surface area contributed by atoms with Crippen molar-refractivity contribution >= 4 is 33.1 Å². The Morgan fingerprint density at radius 2 is 1.88 bits per heavy atom. The van der Waals surface area contributed by atoms with Gasteiger partial charge in [0.25, 0.3) is 10.0 Å². The predicted octanol–water partition coefficient (Wildman–Crippen LogP) is 3.16. The molecule has 0 fully saturated rings. The van der Waals surface area contributed by atoms with Gasteiger partial charge in [-0.25, -0.2) is 8.42 Å². The first-order chi connectivity index (χ1) is 8.16. The third kappa shape index (κ3) is 3.72. The topological polar surface area (TPSA) is 46.2 Å². The largest absolute Gasteiger partial charge is 0.279 e. The minimum absolute atomic E-state index is 0.590. The summed E-state index contributed by atoms with van der Waals surface area (Å²) in [6.45, 7) is 0. The third-order valence-electron chi connectivity index (χ3n) is 2.02. The molecule has 0 amide bonds. The molecule has 88 valence electrons. The fourth-order valence-electron chi connectivity index (χ4n) is 1.25. The van der Waals surface area contributed by atoms with Gasteiger partial charge in [-0.3, -0.25) is 4.72 Å². The Kier molecular flexibility index (Phi) is 3.61. The highest BCUT2D eigenvalue weighted by Crippen LogP contribution is 2.14. The van der Waals surface area contributed by atoms with Gasteiger partial charge in [-0.15, -0.1) is 0 Å². The molecule has 0 saturated heterocycles. The molecule has 5 heteroatoms. The van der Waals surface area contributed by atoms with E-state index in [0.29, 0.717) is 5.69 Å². The van der Waals surface area contributed by atoms with Gasteiger partial charge < -0.3 is 0 Å². The summed E-state index contributed by atoms with van der Waals surface area (Å²) in [5.41, 5.74) is 1.44. The maximum Gasteiger partial charge on any atom is 0.255 e. The highest BCUT2D eigenvalue weighted by atomic mass is 32.2. The van der Waals surface area contributed by atoms with E-state index in [1.165, 1.54) is 16.7 Å². The summed E-state index contributed by atoms with van der Waals surface area (Å²) in [4.78, 5) is 0. The van der Waals surface area contributed by atoms with E-state index in [1.54, 1.807) is 17.5 Å². The van der Waals surface area contributed by atoms with Crippen LogP contribution < -0.4 is 4.72 Å². The average Bonchev–Trinajstić information content (AvgIpc) is 2.80. The summed E-state index contributed by atoms with van der Waals surface area (Å²) in [5, 5.41) is 4.73. The quantitative estimate of drug-likeness (QED) is 0.923.